The number of allylic oxidation sites excluding steroid dienone is 4. The molecule has 0 spiro atoms. The van der Waals surface area contributed by atoms with Crippen LogP contribution in [0.1, 0.15) is 68.4 Å². The molecular formula is C24H31N. The number of nitriles is 1. The summed E-state index contributed by atoms with van der Waals surface area (Å²) in [7, 11) is 0. The average Bonchev–Trinajstić information content (AvgIpc) is 2.67. The van der Waals surface area contributed by atoms with E-state index in [9.17, 15) is 0 Å². The number of aryl methyl sites for hydroxylation is 1. The zero-order valence-electron chi connectivity index (χ0n) is 15.5. The van der Waals surface area contributed by atoms with Gasteiger partial charge in [-0.25, -0.2) is 0 Å². The number of hydrogen-bond donors (Lipinski definition) is 0. The van der Waals surface area contributed by atoms with Gasteiger partial charge in [-0.05, 0) is 87.5 Å². The summed E-state index contributed by atoms with van der Waals surface area (Å²) in [5.74, 6) is 3.44. The third-order valence-corrected chi connectivity index (χ3v) is 6.47. The maximum atomic E-state index is 8.51. The van der Waals surface area contributed by atoms with Crippen molar-refractivity contribution < 1.29 is 0 Å². The van der Waals surface area contributed by atoms with Crippen molar-refractivity contribution in [2.45, 2.75) is 64.2 Å². The number of benzene rings is 1. The first-order valence-corrected chi connectivity index (χ1v) is 10.1. The fraction of sp³-hybridized carbons (Fsp3) is 0.542. The van der Waals surface area contributed by atoms with Crippen LogP contribution in [0.5, 0.6) is 0 Å². The van der Waals surface area contributed by atoms with Crippen molar-refractivity contribution in [2.75, 3.05) is 0 Å². The monoisotopic (exact) mass is 333 g/mol. The van der Waals surface area contributed by atoms with Crippen LogP contribution < -0.4 is 0 Å². The van der Waals surface area contributed by atoms with Gasteiger partial charge in [0.2, 0.25) is 0 Å². The Morgan fingerprint density at radius 1 is 0.840 bits per heavy atom. The molecule has 1 heteroatoms. The molecule has 0 heterocycles. The summed E-state index contributed by atoms with van der Waals surface area (Å²) in [5, 5.41) is 8.51. The predicted octanol–water partition coefficient (Wildman–Crippen LogP) is 6.71. The summed E-state index contributed by atoms with van der Waals surface area (Å²) in [6, 6.07) is 11.3. The summed E-state index contributed by atoms with van der Waals surface area (Å²) in [4.78, 5) is 0. The molecule has 0 N–H and O–H groups in total. The van der Waals surface area contributed by atoms with Crippen LogP contribution in [0.3, 0.4) is 0 Å². The molecule has 0 saturated heterocycles. The third-order valence-electron chi connectivity index (χ3n) is 6.47. The highest BCUT2D eigenvalue weighted by atomic mass is 14.4. The van der Waals surface area contributed by atoms with Gasteiger partial charge in [0.15, 0.2) is 0 Å². The minimum atomic E-state index is 0.725. The zero-order chi connectivity index (χ0) is 17.5. The van der Waals surface area contributed by atoms with Crippen LogP contribution in [0.25, 0.3) is 0 Å². The normalized spacial score (nSPS) is 30.6. The second-order valence-electron chi connectivity index (χ2n) is 8.07. The summed E-state index contributed by atoms with van der Waals surface area (Å²) in [6.45, 7) is 2.17. The SMILES string of the molecule is Cc1ccc(C2CCC(C3CCC(C=CC=CC#N)CC3)CC2)cc1. The molecule has 2 aliphatic carbocycles. The molecule has 0 aromatic heterocycles. The van der Waals surface area contributed by atoms with Crippen molar-refractivity contribution in [3.8, 4) is 6.07 Å². The van der Waals surface area contributed by atoms with E-state index in [-0.39, 0.29) is 0 Å². The maximum Gasteiger partial charge on any atom is 0.0912 e. The van der Waals surface area contributed by atoms with E-state index in [1.54, 1.807) is 11.6 Å². The predicted molar refractivity (Wildman–Crippen MR) is 105 cm³/mol. The van der Waals surface area contributed by atoms with E-state index in [0.29, 0.717) is 0 Å². The van der Waals surface area contributed by atoms with Gasteiger partial charge in [-0.1, -0.05) is 48.1 Å². The lowest BCUT2D eigenvalue weighted by molar-refractivity contribution is 0.171. The Bertz CT molecular complexity index is 615. The Hall–Kier alpha value is -1.81. The highest BCUT2D eigenvalue weighted by Crippen LogP contribution is 2.44. The fourth-order valence-corrected chi connectivity index (χ4v) is 4.89. The quantitative estimate of drug-likeness (QED) is 0.443. The van der Waals surface area contributed by atoms with Crippen molar-refractivity contribution >= 4 is 0 Å². The molecule has 25 heavy (non-hydrogen) atoms. The van der Waals surface area contributed by atoms with Gasteiger partial charge >= 0.3 is 0 Å². The first-order valence-electron chi connectivity index (χ1n) is 10.1. The molecule has 132 valence electrons. The van der Waals surface area contributed by atoms with Crippen molar-refractivity contribution in [1.82, 2.24) is 0 Å². The van der Waals surface area contributed by atoms with Crippen molar-refractivity contribution in [3.05, 3.63) is 59.7 Å². The lowest BCUT2D eigenvalue weighted by Gasteiger charge is -2.37. The minimum absolute atomic E-state index is 0.725. The van der Waals surface area contributed by atoms with Crippen molar-refractivity contribution in [1.29, 1.82) is 5.26 Å². The Morgan fingerprint density at radius 3 is 2.04 bits per heavy atom. The zero-order valence-corrected chi connectivity index (χ0v) is 15.5. The van der Waals surface area contributed by atoms with Crippen molar-refractivity contribution in [3.63, 3.8) is 0 Å². The summed E-state index contributed by atoms with van der Waals surface area (Å²) in [6.07, 6.45) is 18.8. The van der Waals surface area contributed by atoms with E-state index in [1.165, 1.54) is 56.9 Å². The number of nitrogens with zero attached hydrogens (tertiary/aromatic N) is 1. The van der Waals surface area contributed by atoms with Gasteiger partial charge in [0.1, 0.15) is 0 Å². The molecule has 0 bridgehead atoms. The standard InChI is InChI=1S/C24H31N/c1-19-6-10-21(11-7-19)23-14-16-24(17-15-23)22-12-8-20(9-13-22)5-3-2-4-18-25/h2-7,10-11,20,22-24H,8-9,12-17H2,1H3. The fourth-order valence-electron chi connectivity index (χ4n) is 4.89. The maximum absolute atomic E-state index is 8.51. The molecule has 2 aliphatic rings. The van der Waals surface area contributed by atoms with Gasteiger partial charge in [0, 0.05) is 6.08 Å². The molecule has 2 fully saturated rings. The van der Waals surface area contributed by atoms with Crippen molar-refractivity contribution in [2.24, 2.45) is 17.8 Å². The summed E-state index contributed by atoms with van der Waals surface area (Å²) >= 11 is 0. The Balaban J connectivity index is 1.43. The molecule has 0 aliphatic heterocycles. The molecular weight excluding hydrogens is 302 g/mol. The molecule has 0 atom stereocenters. The van der Waals surface area contributed by atoms with Crippen LogP contribution in [-0.2, 0) is 0 Å². The molecule has 1 aromatic rings. The van der Waals surface area contributed by atoms with Crippen LogP contribution in [-0.4, -0.2) is 0 Å². The van der Waals surface area contributed by atoms with Crippen LogP contribution in [0.2, 0.25) is 0 Å². The van der Waals surface area contributed by atoms with E-state index in [2.05, 4.69) is 43.3 Å². The van der Waals surface area contributed by atoms with Gasteiger partial charge in [-0.15, -0.1) is 0 Å². The highest BCUT2D eigenvalue weighted by Gasteiger charge is 2.30. The molecule has 0 amide bonds. The molecule has 1 nitrogen and oxygen atoms in total. The second-order valence-corrected chi connectivity index (χ2v) is 8.07. The minimum Gasteiger partial charge on any atom is -0.193 e. The highest BCUT2D eigenvalue weighted by molar-refractivity contribution is 5.24. The third kappa shape index (κ3) is 5.08. The Labute approximate surface area is 153 Å². The Kier molecular flexibility index (Phi) is 6.51. The number of rotatable bonds is 4. The van der Waals surface area contributed by atoms with Crippen LogP contribution >= 0.6 is 0 Å². The summed E-state index contributed by atoms with van der Waals surface area (Å²) in [5.41, 5.74) is 2.93. The lowest BCUT2D eigenvalue weighted by atomic mass is 9.68. The van der Waals surface area contributed by atoms with E-state index in [0.717, 1.165) is 23.7 Å². The molecule has 1 aromatic carbocycles. The van der Waals surface area contributed by atoms with Gasteiger partial charge < -0.3 is 0 Å². The van der Waals surface area contributed by atoms with Crippen LogP contribution in [0.4, 0.5) is 0 Å². The first-order chi connectivity index (χ1) is 12.3. The molecule has 0 radical (unpaired) electrons. The topological polar surface area (TPSA) is 23.8 Å². The van der Waals surface area contributed by atoms with Gasteiger partial charge in [0.05, 0.1) is 6.07 Å². The lowest BCUT2D eigenvalue weighted by Crippen LogP contribution is -2.25. The van der Waals surface area contributed by atoms with E-state index >= 15 is 0 Å². The van der Waals surface area contributed by atoms with E-state index in [4.69, 9.17) is 5.26 Å². The second kappa shape index (κ2) is 9.04. The van der Waals surface area contributed by atoms with E-state index < -0.39 is 0 Å². The van der Waals surface area contributed by atoms with Gasteiger partial charge in [-0.2, -0.15) is 5.26 Å². The van der Waals surface area contributed by atoms with Gasteiger partial charge in [-0.3, -0.25) is 0 Å². The van der Waals surface area contributed by atoms with E-state index in [1.807, 2.05) is 12.1 Å². The molecule has 3 rings (SSSR count). The largest absolute Gasteiger partial charge is 0.193 e. The van der Waals surface area contributed by atoms with Crippen LogP contribution in [0.15, 0.2) is 48.6 Å². The summed E-state index contributed by atoms with van der Waals surface area (Å²) < 4.78 is 0. The average molecular weight is 334 g/mol. The smallest absolute Gasteiger partial charge is 0.0912 e. The van der Waals surface area contributed by atoms with Crippen LogP contribution in [0, 0.1) is 36.0 Å². The van der Waals surface area contributed by atoms with Gasteiger partial charge in [0.25, 0.3) is 0 Å². The Morgan fingerprint density at radius 2 is 1.44 bits per heavy atom. The number of hydrogen-bond acceptors (Lipinski definition) is 1. The molecule has 0 unspecified atom stereocenters. The first kappa shape index (κ1) is 18.0. The molecule has 2 saturated carbocycles.